The predicted molar refractivity (Wildman–Crippen MR) is 127 cm³/mol. The number of amides is 1. The van der Waals surface area contributed by atoms with Crippen LogP contribution in [0.2, 0.25) is 0 Å². The van der Waals surface area contributed by atoms with Gasteiger partial charge in [-0.05, 0) is 38.5 Å². The number of hydrogen-bond acceptors (Lipinski definition) is 7. The number of imidazole rings is 1. The summed E-state index contributed by atoms with van der Waals surface area (Å²) in [6, 6.07) is 16.7. The van der Waals surface area contributed by atoms with Crippen LogP contribution in [0, 0.1) is 0 Å². The first-order valence-corrected chi connectivity index (χ1v) is 10.7. The molecule has 0 fully saturated rings. The molecule has 0 bridgehead atoms. The van der Waals surface area contributed by atoms with E-state index in [9.17, 15) is 9.59 Å². The second-order valence-electron chi connectivity index (χ2n) is 8.71. The van der Waals surface area contributed by atoms with Gasteiger partial charge in [-0.1, -0.05) is 42.5 Å². The third-order valence-corrected chi connectivity index (χ3v) is 4.84. The summed E-state index contributed by atoms with van der Waals surface area (Å²) in [5.41, 5.74) is 7.80. The standard InChI is InChI=1S/C25H26N4O5/c1-25(2,3)34-24(31)29-19(14-27-23(29)26)17-10-7-11-18(13-17)28-22(30)20-15-32-21(33-20)12-16-8-5-4-6-9-16/h4-11,13-15,21H,12H2,1-3H3,(H2,26,27)(H,28,30). The lowest BCUT2D eigenvalue weighted by atomic mass is 10.1. The van der Waals surface area contributed by atoms with Crippen molar-refractivity contribution in [2.45, 2.75) is 39.1 Å². The minimum absolute atomic E-state index is 0.00445. The van der Waals surface area contributed by atoms with Gasteiger partial charge in [-0.3, -0.25) is 4.79 Å². The van der Waals surface area contributed by atoms with Crippen LogP contribution < -0.4 is 11.1 Å². The van der Waals surface area contributed by atoms with E-state index in [0.717, 1.165) is 5.56 Å². The molecule has 2 aromatic carbocycles. The molecule has 3 N–H and O–H groups in total. The number of nitrogens with zero attached hydrogens (tertiary/aromatic N) is 2. The summed E-state index contributed by atoms with van der Waals surface area (Å²) in [4.78, 5) is 29.4. The van der Waals surface area contributed by atoms with Crippen LogP contribution in [0.3, 0.4) is 0 Å². The molecule has 4 rings (SSSR count). The van der Waals surface area contributed by atoms with E-state index < -0.39 is 23.9 Å². The molecule has 1 aliphatic rings. The van der Waals surface area contributed by atoms with E-state index in [1.165, 1.54) is 17.0 Å². The van der Waals surface area contributed by atoms with Gasteiger partial charge < -0.3 is 25.3 Å². The molecule has 176 valence electrons. The Labute approximate surface area is 197 Å². The molecule has 0 saturated carbocycles. The van der Waals surface area contributed by atoms with Gasteiger partial charge in [0, 0.05) is 17.7 Å². The van der Waals surface area contributed by atoms with Crippen molar-refractivity contribution >= 4 is 23.6 Å². The van der Waals surface area contributed by atoms with Crippen molar-refractivity contribution < 1.29 is 23.8 Å². The number of nitrogens with one attached hydrogen (secondary N) is 1. The first-order chi connectivity index (χ1) is 16.2. The molecule has 2 heterocycles. The van der Waals surface area contributed by atoms with Gasteiger partial charge in [-0.25, -0.2) is 14.3 Å². The van der Waals surface area contributed by atoms with Crippen LogP contribution in [-0.2, 0) is 25.4 Å². The number of anilines is 2. The van der Waals surface area contributed by atoms with E-state index >= 15 is 0 Å². The highest BCUT2D eigenvalue weighted by atomic mass is 16.7. The lowest BCUT2D eigenvalue weighted by Gasteiger charge is -2.20. The largest absolute Gasteiger partial charge is 0.458 e. The zero-order valence-electron chi connectivity index (χ0n) is 19.1. The summed E-state index contributed by atoms with van der Waals surface area (Å²) in [6.07, 6.45) is 2.09. The van der Waals surface area contributed by atoms with E-state index in [0.29, 0.717) is 23.4 Å². The minimum atomic E-state index is -0.698. The smallest absolute Gasteiger partial charge is 0.421 e. The summed E-state index contributed by atoms with van der Waals surface area (Å²) >= 11 is 0. The van der Waals surface area contributed by atoms with E-state index in [-0.39, 0.29) is 11.7 Å². The maximum absolute atomic E-state index is 12.7. The van der Waals surface area contributed by atoms with Gasteiger partial charge in [-0.15, -0.1) is 0 Å². The quantitative estimate of drug-likeness (QED) is 0.580. The van der Waals surface area contributed by atoms with Crippen molar-refractivity contribution in [2.75, 3.05) is 11.1 Å². The topological polar surface area (TPSA) is 118 Å². The van der Waals surface area contributed by atoms with Crippen LogP contribution in [0.4, 0.5) is 16.4 Å². The lowest BCUT2D eigenvalue weighted by molar-refractivity contribution is -0.118. The zero-order valence-corrected chi connectivity index (χ0v) is 19.1. The SMILES string of the molecule is CC(C)(C)OC(=O)n1c(-c2cccc(NC(=O)C3=COC(Cc4ccccc4)O3)c2)cnc1N. The average Bonchev–Trinajstić information content (AvgIpc) is 3.40. The van der Waals surface area contributed by atoms with E-state index in [1.807, 2.05) is 30.3 Å². The molecule has 9 nitrogen and oxygen atoms in total. The monoisotopic (exact) mass is 462 g/mol. The van der Waals surface area contributed by atoms with E-state index in [2.05, 4.69) is 10.3 Å². The second kappa shape index (κ2) is 9.30. The summed E-state index contributed by atoms with van der Waals surface area (Å²) < 4.78 is 17.8. The number of nitrogen functional groups attached to an aromatic ring is 1. The van der Waals surface area contributed by atoms with Crippen LogP contribution in [0.1, 0.15) is 26.3 Å². The minimum Gasteiger partial charge on any atom is -0.458 e. The fourth-order valence-electron chi connectivity index (χ4n) is 3.36. The van der Waals surface area contributed by atoms with Crippen LogP contribution >= 0.6 is 0 Å². The van der Waals surface area contributed by atoms with Gasteiger partial charge in [0.05, 0.1) is 11.9 Å². The van der Waals surface area contributed by atoms with Gasteiger partial charge in [0.1, 0.15) is 11.9 Å². The normalized spacial score (nSPS) is 15.1. The van der Waals surface area contributed by atoms with E-state index in [4.69, 9.17) is 19.9 Å². The highest BCUT2D eigenvalue weighted by Gasteiger charge is 2.26. The molecule has 1 amide bonds. The lowest BCUT2D eigenvalue weighted by Crippen LogP contribution is -2.28. The Balaban J connectivity index is 1.45. The van der Waals surface area contributed by atoms with Crippen LogP contribution in [-0.4, -0.2) is 33.4 Å². The van der Waals surface area contributed by atoms with Crippen LogP contribution in [0.15, 0.2) is 72.8 Å². The zero-order chi connectivity index (χ0) is 24.3. The summed E-state index contributed by atoms with van der Waals surface area (Å²) in [7, 11) is 0. The van der Waals surface area contributed by atoms with Crippen molar-refractivity contribution in [3.05, 3.63) is 78.4 Å². The van der Waals surface area contributed by atoms with Crippen molar-refractivity contribution in [3.63, 3.8) is 0 Å². The number of rotatable bonds is 5. The third kappa shape index (κ3) is 5.37. The van der Waals surface area contributed by atoms with Crippen LogP contribution in [0.25, 0.3) is 11.3 Å². The number of carbonyl (C=O) groups is 2. The number of carbonyl (C=O) groups excluding carboxylic acids is 2. The third-order valence-electron chi connectivity index (χ3n) is 4.84. The van der Waals surface area contributed by atoms with E-state index in [1.54, 1.807) is 45.0 Å². The summed E-state index contributed by atoms with van der Waals surface area (Å²) in [6.45, 7) is 5.30. The van der Waals surface area contributed by atoms with Gasteiger partial charge in [-0.2, -0.15) is 0 Å². The molecule has 0 aliphatic carbocycles. The predicted octanol–water partition coefficient (Wildman–Crippen LogP) is 4.31. The number of aromatic nitrogens is 2. The first-order valence-electron chi connectivity index (χ1n) is 10.7. The molecule has 1 aromatic heterocycles. The Morgan fingerprint density at radius 3 is 2.65 bits per heavy atom. The second-order valence-corrected chi connectivity index (χ2v) is 8.71. The summed E-state index contributed by atoms with van der Waals surface area (Å²) in [5.74, 6) is -0.368. The molecule has 1 aliphatic heterocycles. The number of benzene rings is 2. The Kier molecular flexibility index (Phi) is 6.27. The molecular weight excluding hydrogens is 436 g/mol. The Morgan fingerprint density at radius 2 is 1.91 bits per heavy atom. The van der Waals surface area contributed by atoms with Crippen molar-refractivity contribution in [2.24, 2.45) is 0 Å². The number of ether oxygens (including phenoxy) is 3. The Morgan fingerprint density at radius 1 is 1.15 bits per heavy atom. The highest BCUT2D eigenvalue weighted by molar-refractivity contribution is 6.02. The Bertz CT molecular complexity index is 1230. The molecular formula is C25H26N4O5. The van der Waals surface area contributed by atoms with Crippen molar-refractivity contribution in [3.8, 4) is 11.3 Å². The van der Waals surface area contributed by atoms with Gasteiger partial charge >= 0.3 is 6.09 Å². The van der Waals surface area contributed by atoms with Crippen LogP contribution in [0.5, 0.6) is 0 Å². The molecule has 0 spiro atoms. The fraction of sp³-hybridized carbons (Fsp3) is 0.240. The van der Waals surface area contributed by atoms with Crippen molar-refractivity contribution in [1.29, 1.82) is 0 Å². The highest BCUT2D eigenvalue weighted by Crippen LogP contribution is 2.27. The number of nitrogens with two attached hydrogens (primary N) is 1. The molecule has 9 heteroatoms. The van der Waals surface area contributed by atoms with Gasteiger partial charge in [0.15, 0.2) is 0 Å². The van der Waals surface area contributed by atoms with Gasteiger partial charge in [0.2, 0.25) is 18.0 Å². The maximum atomic E-state index is 12.7. The molecule has 1 unspecified atom stereocenters. The molecule has 3 aromatic rings. The first kappa shape index (κ1) is 22.9. The summed E-state index contributed by atoms with van der Waals surface area (Å²) in [5, 5.41) is 2.78. The molecule has 34 heavy (non-hydrogen) atoms. The van der Waals surface area contributed by atoms with Crippen molar-refractivity contribution in [1.82, 2.24) is 9.55 Å². The maximum Gasteiger partial charge on any atom is 0.421 e. The molecule has 0 radical (unpaired) electrons. The Hall–Kier alpha value is -4.27. The van der Waals surface area contributed by atoms with Gasteiger partial charge in [0.25, 0.3) is 5.91 Å². The average molecular weight is 463 g/mol. The molecule has 1 atom stereocenters. The fourth-order valence-corrected chi connectivity index (χ4v) is 3.36. The number of hydrogen-bond donors (Lipinski definition) is 2. The molecule has 0 saturated heterocycles.